The molecule has 2 heterocycles. The number of benzene rings is 2. The van der Waals surface area contributed by atoms with Crippen molar-refractivity contribution in [3.05, 3.63) is 64.7 Å². The SMILES string of the molecule is CN(Cc1cccc(OCCN2CCN(C(=O)c3cccc(Cl)c3)CC2)c1)C[C@H]1CCC(=O)N1. The fourth-order valence-corrected chi connectivity index (χ4v) is 4.76. The van der Waals surface area contributed by atoms with E-state index in [4.69, 9.17) is 16.3 Å². The minimum atomic E-state index is 0.0375. The summed E-state index contributed by atoms with van der Waals surface area (Å²) in [6, 6.07) is 15.6. The molecular weight excluding hydrogens is 452 g/mol. The summed E-state index contributed by atoms with van der Waals surface area (Å²) in [5, 5.41) is 3.61. The lowest BCUT2D eigenvalue weighted by atomic mass is 10.1. The van der Waals surface area contributed by atoms with E-state index in [1.807, 2.05) is 29.2 Å². The number of hydrogen-bond acceptors (Lipinski definition) is 5. The normalized spacial score (nSPS) is 18.9. The van der Waals surface area contributed by atoms with Gasteiger partial charge in [-0.3, -0.25) is 14.5 Å². The van der Waals surface area contributed by atoms with E-state index < -0.39 is 0 Å². The molecule has 2 aliphatic heterocycles. The molecule has 2 aromatic carbocycles. The highest BCUT2D eigenvalue weighted by atomic mass is 35.5. The van der Waals surface area contributed by atoms with Crippen LogP contribution in [-0.4, -0.2) is 85.5 Å². The predicted molar refractivity (Wildman–Crippen MR) is 133 cm³/mol. The van der Waals surface area contributed by atoms with Gasteiger partial charge in [0.25, 0.3) is 5.91 Å². The van der Waals surface area contributed by atoms with Crippen LogP contribution in [0.3, 0.4) is 0 Å². The third kappa shape index (κ3) is 6.95. The number of amides is 2. The molecule has 2 aromatic rings. The first-order chi connectivity index (χ1) is 16.5. The van der Waals surface area contributed by atoms with Crippen LogP contribution in [0.2, 0.25) is 5.02 Å². The lowest BCUT2D eigenvalue weighted by Crippen LogP contribution is -2.49. The van der Waals surface area contributed by atoms with Gasteiger partial charge < -0.3 is 19.9 Å². The zero-order valence-corrected chi connectivity index (χ0v) is 20.5. The van der Waals surface area contributed by atoms with Gasteiger partial charge in [-0.05, 0) is 49.4 Å². The molecule has 0 spiro atoms. The third-order valence-electron chi connectivity index (χ3n) is 6.38. The highest BCUT2D eigenvalue weighted by molar-refractivity contribution is 6.30. The number of nitrogens with one attached hydrogen (secondary N) is 1. The lowest BCUT2D eigenvalue weighted by molar-refractivity contribution is -0.119. The average Bonchev–Trinajstić information content (AvgIpc) is 3.23. The van der Waals surface area contributed by atoms with Crippen LogP contribution in [0.15, 0.2) is 48.5 Å². The van der Waals surface area contributed by atoms with Gasteiger partial charge in [0, 0.05) is 68.9 Å². The summed E-state index contributed by atoms with van der Waals surface area (Å²) in [7, 11) is 2.08. The standard InChI is InChI=1S/C26H33ClN4O3/c1-29(19-23-8-9-25(32)28-23)18-20-4-2-7-24(16-20)34-15-14-30-10-12-31(13-11-30)26(33)21-5-3-6-22(27)17-21/h2-7,16-17,23H,8-15,18-19H2,1H3,(H,28,32)/t23-/m1/s1. The van der Waals surface area contributed by atoms with E-state index in [0.717, 1.165) is 44.9 Å². The molecule has 0 bridgehead atoms. The van der Waals surface area contributed by atoms with Gasteiger partial charge in [-0.15, -0.1) is 0 Å². The molecular formula is C26H33ClN4O3. The van der Waals surface area contributed by atoms with Gasteiger partial charge in [0.2, 0.25) is 5.91 Å². The zero-order chi connectivity index (χ0) is 23.9. The van der Waals surface area contributed by atoms with Gasteiger partial charge in [-0.25, -0.2) is 0 Å². The van der Waals surface area contributed by atoms with Gasteiger partial charge in [-0.1, -0.05) is 29.8 Å². The maximum absolute atomic E-state index is 12.7. The molecule has 1 N–H and O–H groups in total. The molecule has 0 aliphatic carbocycles. The van der Waals surface area contributed by atoms with Gasteiger partial charge in [0.1, 0.15) is 12.4 Å². The second-order valence-corrected chi connectivity index (χ2v) is 9.58. The number of carbonyl (C=O) groups excluding carboxylic acids is 2. The van der Waals surface area contributed by atoms with Crippen molar-refractivity contribution in [2.45, 2.75) is 25.4 Å². The summed E-state index contributed by atoms with van der Waals surface area (Å²) in [6.45, 7) is 6.16. The molecule has 0 radical (unpaired) electrons. The Balaban J connectivity index is 1.17. The van der Waals surface area contributed by atoms with E-state index in [-0.39, 0.29) is 17.9 Å². The molecule has 1 atom stereocenters. The van der Waals surface area contributed by atoms with E-state index in [1.165, 1.54) is 5.56 Å². The fraction of sp³-hybridized carbons (Fsp3) is 0.462. The number of hydrogen-bond donors (Lipinski definition) is 1. The number of piperazine rings is 1. The average molecular weight is 485 g/mol. The smallest absolute Gasteiger partial charge is 0.253 e. The van der Waals surface area contributed by atoms with E-state index in [1.54, 1.807) is 12.1 Å². The molecule has 0 unspecified atom stereocenters. The molecule has 8 heteroatoms. The molecule has 2 aliphatic rings. The molecule has 2 saturated heterocycles. The number of ether oxygens (including phenoxy) is 1. The minimum Gasteiger partial charge on any atom is -0.492 e. The quantitative estimate of drug-likeness (QED) is 0.593. The van der Waals surface area contributed by atoms with Crippen LogP contribution in [0.1, 0.15) is 28.8 Å². The highest BCUT2D eigenvalue weighted by Crippen LogP contribution is 2.17. The monoisotopic (exact) mass is 484 g/mol. The van der Waals surface area contributed by atoms with Crippen LogP contribution >= 0.6 is 11.6 Å². The van der Waals surface area contributed by atoms with Crippen molar-refractivity contribution >= 4 is 23.4 Å². The predicted octanol–water partition coefficient (Wildman–Crippen LogP) is 2.89. The second kappa shape index (κ2) is 11.7. The molecule has 4 rings (SSSR count). The number of halogens is 1. The van der Waals surface area contributed by atoms with Crippen LogP contribution in [0.4, 0.5) is 0 Å². The number of carbonyl (C=O) groups is 2. The summed E-state index contributed by atoms with van der Waals surface area (Å²) in [4.78, 5) is 30.5. The fourth-order valence-electron chi connectivity index (χ4n) is 4.57. The molecule has 2 amide bonds. The topological polar surface area (TPSA) is 65.1 Å². The summed E-state index contributed by atoms with van der Waals surface area (Å²) < 4.78 is 6.02. The third-order valence-corrected chi connectivity index (χ3v) is 6.61. The number of rotatable bonds is 9. The maximum atomic E-state index is 12.7. The van der Waals surface area contributed by atoms with E-state index in [9.17, 15) is 9.59 Å². The van der Waals surface area contributed by atoms with Crippen molar-refractivity contribution in [3.63, 3.8) is 0 Å². The minimum absolute atomic E-state index is 0.0375. The van der Waals surface area contributed by atoms with Crippen molar-refractivity contribution in [1.82, 2.24) is 20.0 Å². The van der Waals surface area contributed by atoms with E-state index >= 15 is 0 Å². The Morgan fingerprint density at radius 1 is 1.15 bits per heavy atom. The molecule has 0 aromatic heterocycles. The lowest BCUT2D eigenvalue weighted by Gasteiger charge is -2.34. The van der Waals surface area contributed by atoms with Crippen molar-refractivity contribution in [2.24, 2.45) is 0 Å². The van der Waals surface area contributed by atoms with E-state index in [0.29, 0.717) is 36.7 Å². The Labute approximate surface area is 206 Å². The Bertz CT molecular complexity index is 994. The Morgan fingerprint density at radius 2 is 1.94 bits per heavy atom. The number of nitrogens with zero attached hydrogens (tertiary/aromatic N) is 3. The first kappa shape index (κ1) is 24.5. The van der Waals surface area contributed by atoms with E-state index in [2.05, 4.69) is 34.3 Å². The summed E-state index contributed by atoms with van der Waals surface area (Å²) >= 11 is 6.02. The van der Waals surface area contributed by atoms with Crippen molar-refractivity contribution < 1.29 is 14.3 Å². The van der Waals surface area contributed by atoms with Crippen LogP contribution in [0.5, 0.6) is 5.75 Å². The first-order valence-electron chi connectivity index (χ1n) is 11.9. The summed E-state index contributed by atoms with van der Waals surface area (Å²) in [5.74, 6) is 1.06. The van der Waals surface area contributed by atoms with Crippen molar-refractivity contribution in [2.75, 3.05) is 52.9 Å². The molecule has 7 nitrogen and oxygen atoms in total. The largest absolute Gasteiger partial charge is 0.492 e. The second-order valence-electron chi connectivity index (χ2n) is 9.14. The Kier molecular flexibility index (Phi) is 8.43. The van der Waals surface area contributed by atoms with Crippen LogP contribution in [0.25, 0.3) is 0 Å². The van der Waals surface area contributed by atoms with Crippen molar-refractivity contribution in [1.29, 1.82) is 0 Å². The van der Waals surface area contributed by atoms with Gasteiger partial charge in [-0.2, -0.15) is 0 Å². The summed E-state index contributed by atoms with van der Waals surface area (Å²) in [6.07, 6.45) is 1.55. The molecule has 182 valence electrons. The van der Waals surface area contributed by atoms with Crippen LogP contribution in [-0.2, 0) is 11.3 Å². The Morgan fingerprint density at radius 3 is 2.68 bits per heavy atom. The Hall–Kier alpha value is -2.61. The maximum Gasteiger partial charge on any atom is 0.253 e. The first-order valence-corrected chi connectivity index (χ1v) is 12.3. The van der Waals surface area contributed by atoms with Crippen LogP contribution < -0.4 is 10.1 Å². The van der Waals surface area contributed by atoms with Gasteiger partial charge in [0.15, 0.2) is 0 Å². The van der Waals surface area contributed by atoms with Gasteiger partial charge >= 0.3 is 0 Å². The number of likely N-dealkylation sites (N-methyl/N-ethyl adjacent to an activating group) is 1. The van der Waals surface area contributed by atoms with Gasteiger partial charge in [0.05, 0.1) is 0 Å². The zero-order valence-electron chi connectivity index (χ0n) is 19.7. The molecule has 34 heavy (non-hydrogen) atoms. The highest BCUT2D eigenvalue weighted by Gasteiger charge is 2.23. The van der Waals surface area contributed by atoms with Crippen molar-refractivity contribution in [3.8, 4) is 5.75 Å². The molecule has 2 fully saturated rings. The van der Waals surface area contributed by atoms with Crippen LogP contribution in [0, 0.1) is 0 Å². The molecule has 0 saturated carbocycles. The summed E-state index contributed by atoms with van der Waals surface area (Å²) in [5.41, 5.74) is 1.83.